The molecule has 0 N–H and O–H groups in total. The van der Waals surface area contributed by atoms with Gasteiger partial charge in [0.05, 0.1) is 6.20 Å². The van der Waals surface area contributed by atoms with Crippen LogP contribution in [0.5, 0.6) is 0 Å². The number of aromatic nitrogens is 2. The fourth-order valence-corrected chi connectivity index (χ4v) is 3.47. The third-order valence-electron chi connectivity index (χ3n) is 4.75. The zero-order valence-electron chi connectivity index (χ0n) is 13.7. The van der Waals surface area contributed by atoms with E-state index in [0.717, 1.165) is 45.6 Å². The Kier molecular flexibility index (Phi) is 5.93. The molecule has 3 heterocycles. The summed E-state index contributed by atoms with van der Waals surface area (Å²) in [7, 11) is 0. The van der Waals surface area contributed by atoms with Crippen molar-refractivity contribution in [3.05, 3.63) is 24.3 Å². The minimum atomic E-state index is 0.00595. The number of amides is 1. The predicted octanol–water partition coefficient (Wildman–Crippen LogP) is 1.58. The summed E-state index contributed by atoms with van der Waals surface area (Å²) in [4.78, 5) is 25.6. The molecule has 1 aromatic heterocycles. The lowest BCUT2D eigenvalue weighted by Gasteiger charge is -2.34. The smallest absolute Gasteiger partial charge is 0.274 e. The number of hydrogen-bond donors (Lipinski definition) is 0. The van der Waals surface area contributed by atoms with Gasteiger partial charge in [-0.15, -0.1) is 0 Å². The maximum atomic E-state index is 12.8. The Hall–Kier alpha value is -1.53. The van der Waals surface area contributed by atoms with Crippen molar-refractivity contribution >= 4 is 5.91 Å². The summed E-state index contributed by atoms with van der Waals surface area (Å²) in [6.45, 7) is 5.75. The Morgan fingerprint density at radius 1 is 1.26 bits per heavy atom. The van der Waals surface area contributed by atoms with Crippen molar-refractivity contribution in [3.63, 3.8) is 0 Å². The van der Waals surface area contributed by atoms with Crippen LogP contribution in [0.2, 0.25) is 0 Å². The summed E-state index contributed by atoms with van der Waals surface area (Å²) in [5.74, 6) is 0.00595. The van der Waals surface area contributed by atoms with E-state index in [9.17, 15) is 4.79 Å². The Morgan fingerprint density at radius 2 is 2.04 bits per heavy atom. The molecule has 0 atom stereocenters. The number of hydrogen-bond acceptors (Lipinski definition) is 5. The van der Waals surface area contributed by atoms with Crippen molar-refractivity contribution in [3.8, 4) is 0 Å². The fraction of sp³-hybridized carbons (Fsp3) is 0.706. The normalized spacial score (nSPS) is 19.8. The molecule has 0 aromatic carbocycles. The maximum Gasteiger partial charge on any atom is 0.274 e. The first-order valence-electron chi connectivity index (χ1n) is 8.71. The highest BCUT2D eigenvalue weighted by atomic mass is 16.5. The minimum absolute atomic E-state index is 0.00595. The van der Waals surface area contributed by atoms with Gasteiger partial charge in [-0.25, -0.2) is 4.98 Å². The van der Waals surface area contributed by atoms with E-state index in [1.54, 1.807) is 18.6 Å². The molecule has 2 aliphatic heterocycles. The molecule has 0 aliphatic carbocycles. The first-order valence-corrected chi connectivity index (χ1v) is 8.71. The summed E-state index contributed by atoms with van der Waals surface area (Å²) < 4.78 is 5.45. The van der Waals surface area contributed by atoms with Crippen LogP contribution in [0.1, 0.15) is 42.6 Å². The fourth-order valence-electron chi connectivity index (χ4n) is 3.47. The van der Waals surface area contributed by atoms with E-state index in [4.69, 9.17) is 4.74 Å². The van der Waals surface area contributed by atoms with Crippen molar-refractivity contribution in [2.45, 2.75) is 38.1 Å². The largest absolute Gasteiger partial charge is 0.381 e. The van der Waals surface area contributed by atoms with Crippen molar-refractivity contribution in [2.75, 3.05) is 39.4 Å². The molecule has 1 amide bonds. The second kappa shape index (κ2) is 8.36. The zero-order chi connectivity index (χ0) is 15.9. The van der Waals surface area contributed by atoms with Gasteiger partial charge < -0.3 is 14.5 Å². The molecule has 0 spiro atoms. The van der Waals surface area contributed by atoms with Crippen LogP contribution in [0.3, 0.4) is 0 Å². The summed E-state index contributed by atoms with van der Waals surface area (Å²) in [5, 5.41) is 0. The van der Waals surface area contributed by atoms with Gasteiger partial charge in [-0.1, -0.05) is 0 Å². The lowest BCUT2D eigenvalue weighted by molar-refractivity contribution is 0.0278. The quantitative estimate of drug-likeness (QED) is 0.797. The molecule has 2 saturated heterocycles. The lowest BCUT2D eigenvalue weighted by Crippen LogP contribution is -2.45. The Balaban J connectivity index is 1.61. The van der Waals surface area contributed by atoms with E-state index >= 15 is 0 Å². The Labute approximate surface area is 137 Å². The topological polar surface area (TPSA) is 58.6 Å². The average Bonchev–Trinajstić information content (AvgIpc) is 3.13. The standard InChI is InChI=1S/C17H26N4O2/c22-17(16-14-18-6-7-19-16)21(15-4-12-23-13-5-15)11-3-10-20-8-1-2-9-20/h6-7,14-15H,1-5,8-13H2. The molecule has 0 unspecified atom stereocenters. The summed E-state index contributed by atoms with van der Waals surface area (Å²) in [5.41, 5.74) is 0.445. The Bertz CT molecular complexity index is 485. The van der Waals surface area contributed by atoms with Gasteiger partial charge in [0.1, 0.15) is 5.69 Å². The first-order chi connectivity index (χ1) is 11.3. The van der Waals surface area contributed by atoms with Crippen molar-refractivity contribution < 1.29 is 9.53 Å². The number of carbonyl (C=O) groups excluding carboxylic acids is 1. The molecule has 6 nitrogen and oxygen atoms in total. The van der Waals surface area contributed by atoms with E-state index in [0.29, 0.717) is 5.69 Å². The van der Waals surface area contributed by atoms with Gasteiger partial charge in [-0.05, 0) is 51.7 Å². The maximum absolute atomic E-state index is 12.8. The third kappa shape index (κ3) is 4.48. The minimum Gasteiger partial charge on any atom is -0.381 e. The molecule has 6 heteroatoms. The summed E-state index contributed by atoms with van der Waals surface area (Å²) >= 11 is 0. The molecule has 3 rings (SSSR count). The van der Waals surface area contributed by atoms with Crippen LogP contribution in [-0.2, 0) is 4.74 Å². The average molecular weight is 318 g/mol. The van der Waals surface area contributed by atoms with Crippen LogP contribution >= 0.6 is 0 Å². The molecule has 0 radical (unpaired) electrons. The van der Waals surface area contributed by atoms with Gasteiger partial charge in [0.25, 0.3) is 5.91 Å². The number of ether oxygens (including phenoxy) is 1. The van der Waals surface area contributed by atoms with Crippen LogP contribution in [-0.4, -0.2) is 71.1 Å². The van der Waals surface area contributed by atoms with E-state index in [-0.39, 0.29) is 11.9 Å². The molecular formula is C17H26N4O2. The second-order valence-corrected chi connectivity index (χ2v) is 6.34. The highest BCUT2D eigenvalue weighted by Crippen LogP contribution is 2.18. The Morgan fingerprint density at radius 3 is 2.74 bits per heavy atom. The number of carbonyl (C=O) groups is 1. The molecule has 126 valence electrons. The number of rotatable bonds is 6. The zero-order valence-corrected chi connectivity index (χ0v) is 13.7. The predicted molar refractivity (Wildman–Crippen MR) is 87.2 cm³/mol. The second-order valence-electron chi connectivity index (χ2n) is 6.34. The van der Waals surface area contributed by atoms with Gasteiger partial charge >= 0.3 is 0 Å². The van der Waals surface area contributed by atoms with E-state index in [2.05, 4.69) is 14.9 Å². The molecule has 1 aromatic rings. The summed E-state index contributed by atoms with van der Waals surface area (Å²) in [6, 6.07) is 0.261. The van der Waals surface area contributed by atoms with Crippen molar-refractivity contribution in [1.82, 2.24) is 19.8 Å². The molecule has 2 aliphatic rings. The number of nitrogens with zero attached hydrogens (tertiary/aromatic N) is 4. The highest BCUT2D eigenvalue weighted by Gasteiger charge is 2.27. The van der Waals surface area contributed by atoms with E-state index in [1.165, 1.54) is 25.9 Å². The third-order valence-corrected chi connectivity index (χ3v) is 4.75. The van der Waals surface area contributed by atoms with Crippen LogP contribution in [0.4, 0.5) is 0 Å². The van der Waals surface area contributed by atoms with Crippen molar-refractivity contribution in [1.29, 1.82) is 0 Å². The van der Waals surface area contributed by atoms with Crippen LogP contribution in [0.25, 0.3) is 0 Å². The summed E-state index contributed by atoms with van der Waals surface area (Å²) in [6.07, 6.45) is 10.2. The van der Waals surface area contributed by atoms with Gasteiger partial charge in [0, 0.05) is 38.2 Å². The first kappa shape index (κ1) is 16.3. The van der Waals surface area contributed by atoms with Gasteiger partial charge in [-0.2, -0.15) is 0 Å². The van der Waals surface area contributed by atoms with Crippen LogP contribution < -0.4 is 0 Å². The van der Waals surface area contributed by atoms with Crippen LogP contribution in [0, 0.1) is 0 Å². The van der Waals surface area contributed by atoms with Gasteiger partial charge in [0.2, 0.25) is 0 Å². The van der Waals surface area contributed by atoms with E-state index in [1.807, 2.05) is 4.90 Å². The lowest BCUT2D eigenvalue weighted by atomic mass is 10.1. The van der Waals surface area contributed by atoms with Crippen LogP contribution in [0.15, 0.2) is 18.6 Å². The molecule has 0 bridgehead atoms. The van der Waals surface area contributed by atoms with Gasteiger partial charge in [0.15, 0.2) is 0 Å². The molecule has 2 fully saturated rings. The van der Waals surface area contributed by atoms with Crippen molar-refractivity contribution in [2.24, 2.45) is 0 Å². The molecule has 23 heavy (non-hydrogen) atoms. The molecule has 0 saturated carbocycles. The highest BCUT2D eigenvalue weighted by molar-refractivity contribution is 5.92. The van der Waals surface area contributed by atoms with Gasteiger partial charge in [-0.3, -0.25) is 9.78 Å². The monoisotopic (exact) mass is 318 g/mol. The number of likely N-dealkylation sites (tertiary alicyclic amines) is 1. The molecular weight excluding hydrogens is 292 g/mol. The SMILES string of the molecule is O=C(c1cnccn1)N(CCCN1CCCC1)C1CCOCC1. The van der Waals surface area contributed by atoms with E-state index < -0.39 is 0 Å².